The van der Waals surface area contributed by atoms with Crippen LogP contribution in [0.1, 0.15) is 6.42 Å². The third-order valence-electron chi connectivity index (χ3n) is 1.32. The molecule has 0 heterocycles. The first kappa shape index (κ1) is 12.4. The van der Waals surface area contributed by atoms with Crippen molar-refractivity contribution in [2.75, 3.05) is 26.4 Å². The zero-order valence-corrected chi connectivity index (χ0v) is 7.95. The lowest BCUT2D eigenvalue weighted by Crippen LogP contribution is -2.21. The molecule has 0 aliphatic rings. The van der Waals surface area contributed by atoms with Gasteiger partial charge in [-0.2, -0.15) is 0 Å². The van der Waals surface area contributed by atoms with E-state index >= 15 is 0 Å². The maximum Gasteiger partial charge on any atom is 0.101 e. The summed E-state index contributed by atoms with van der Waals surface area (Å²) in [5, 5.41) is 9.27. The molecular weight excluding hydrogens is 168 g/mol. The Morgan fingerprint density at radius 2 is 1.85 bits per heavy atom. The number of ether oxygens (including phenoxy) is 2. The zero-order valence-electron chi connectivity index (χ0n) is 7.95. The lowest BCUT2D eigenvalue weighted by Gasteiger charge is -2.10. The minimum absolute atomic E-state index is 0.292. The predicted octanol–water partition coefficient (Wildman–Crippen LogP) is 1.14. The first-order valence-corrected chi connectivity index (χ1v) is 4.36. The van der Waals surface area contributed by atoms with E-state index in [0.717, 1.165) is 6.42 Å². The summed E-state index contributed by atoms with van der Waals surface area (Å²) < 4.78 is 10.2. The van der Waals surface area contributed by atoms with E-state index in [1.165, 1.54) is 0 Å². The molecule has 13 heavy (non-hydrogen) atoms. The van der Waals surface area contributed by atoms with Crippen LogP contribution in [-0.4, -0.2) is 37.6 Å². The van der Waals surface area contributed by atoms with E-state index < -0.39 is 6.10 Å². The maximum atomic E-state index is 9.27. The number of rotatable bonds is 9. The molecule has 0 aromatic rings. The molecule has 0 spiro atoms. The smallest absolute Gasteiger partial charge is 0.101 e. The van der Waals surface area contributed by atoms with Crippen LogP contribution in [0.2, 0.25) is 0 Å². The van der Waals surface area contributed by atoms with Gasteiger partial charge in [0.25, 0.3) is 0 Å². The summed E-state index contributed by atoms with van der Waals surface area (Å²) >= 11 is 0. The van der Waals surface area contributed by atoms with Crippen LogP contribution in [0.25, 0.3) is 0 Å². The van der Waals surface area contributed by atoms with E-state index in [0.29, 0.717) is 26.4 Å². The van der Waals surface area contributed by atoms with Gasteiger partial charge in [-0.25, -0.2) is 0 Å². The Hall–Kier alpha value is -0.640. The van der Waals surface area contributed by atoms with Crippen molar-refractivity contribution in [3.05, 3.63) is 25.3 Å². The van der Waals surface area contributed by atoms with Crippen molar-refractivity contribution in [2.24, 2.45) is 0 Å². The molecule has 0 aliphatic heterocycles. The lowest BCUT2D eigenvalue weighted by molar-refractivity contribution is -0.0119. The Labute approximate surface area is 79.7 Å². The van der Waals surface area contributed by atoms with Gasteiger partial charge in [-0.1, -0.05) is 12.2 Å². The molecule has 1 unspecified atom stereocenters. The van der Waals surface area contributed by atoms with Crippen LogP contribution in [0, 0.1) is 0 Å². The highest BCUT2D eigenvalue weighted by molar-refractivity contribution is 4.66. The van der Waals surface area contributed by atoms with Crippen molar-refractivity contribution in [3.63, 3.8) is 0 Å². The molecule has 0 amide bonds. The number of hydrogen-bond acceptors (Lipinski definition) is 3. The monoisotopic (exact) mass is 186 g/mol. The summed E-state index contributed by atoms with van der Waals surface area (Å²) in [5.41, 5.74) is 0. The van der Waals surface area contributed by atoms with Crippen molar-refractivity contribution in [1.82, 2.24) is 0 Å². The van der Waals surface area contributed by atoms with Gasteiger partial charge in [-0.3, -0.25) is 0 Å². The highest BCUT2D eigenvalue weighted by Crippen LogP contribution is 1.90. The lowest BCUT2D eigenvalue weighted by atomic mass is 10.4. The molecule has 0 aliphatic carbocycles. The minimum atomic E-state index is -0.551. The zero-order chi connectivity index (χ0) is 9.94. The Balaban J connectivity index is 3.14. The summed E-state index contributed by atoms with van der Waals surface area (Å²) in [4.78, 5) is 0. The third-order valence-corrected chi connectivity index (χ3v) is 1.32. The van der Waals surface area contributed by atoms with Gasteiger partial charge in [-0.15, -0.1) is 13.2 Å². The van der Waals surface area contributed by atoms with Crippen molar-refractivity contribution in [3.8, 4) is 0 Å². The number of aliphatic hydroxyl groups excluding tert-OH is 1. The average molecular weight is 186 g/mol. The van der Waals surface area contributed by atoms with Gasteiger partial charge in [0.1, 0.15) is 6.10 Å². The first-order chi connectivity index (χ1) is 6.31. The van der Waals surface area contributed by atoms with Crippen LogP contribution in [0.15, 0.2) is 25.3 Å². The quantitative estimate of drug-likeness (QED) is 0.433. The van der Waals surface area contributed by atoms with E-state index in [4.69, 9.17) is 9.47 Å². The Morgan fingerprint density at radius 3 is 2.46 bits per heavy atom. The molecule has 76 valence electrons. The second-order valence-electron chi connectivity index (χ2n) is 2.63. The van der Waals surface area contributed by atoms with Crippen LogP contribution in [0.4, 0.5) is 0 Å². The van der Waals surface area contributed by atoms with Crippen LogP contribution >= 0.6 is 0 Å². The second-order valence-corrected chi connectivity index (χ2v) is 2.63. The summed E-state index contributed by atoms with van der Waals surface area (Å²) in [7, 11) is 0. The third kappa shape index (κ3) is 9.27. The molecular formula is C10H18O3. The molecule has 0 fully saturated rings. The van der Waals surface area contributed by atoms with E-state index in [2.05, 4.69) is 13.2 Å². The highest BCUT2D eigenvalue weighted by Gasteiger charge is 2.02. The number of hydrogen-bond donors (Lipinski definition) is 1. The summed E-state index contributed by atoms with van der Waals surface area (Å²) in [6.45, 7) is 8.72. The topological polar surface area (TPSA) is 38.7 Å². The van der Waals surface area contributed by atoms with E-state index in [9.17, 15) is 5.11 Å². The SMILES string of the molecule is C=CCCOCC(O)COCC=C. The molecule has 0 saturated carbocycles. The van der Waals surface area contributed by atoms with Crippen LogP contribution in [-0.2, 0) is 9.47 Å². The Morgan fingerprint density at radius 1 is 1.15 bits per heavy atom. The largest absolute Gasteiger partial charge is 0.388 e. The predicted molar refractivity (Wildman–Crippen MR) is 52.7 cm³/mol. The van der Waals surface area contributed by atoms with Crippen molar-refractivity contribution >= 4 is 0 Å². The van der Waals surface area contributed by atoms with Gasteiger partial charge >= 0.3 is 0 Å². The van der Waals surface area contributed by atoms with Crippen molar-refractivity contribution in [1.29, 1.82) is 0 Å². The molecule has 1 N–H and O–H groups in total. The molecule has 1 atom stereocenters. The van der Waals surface area contributed by atoms with E-state index in [-0.39, 0.29) is 0 Å². The molecule has 3 nitrogen and oxygen atoms in total. The molecule has 0 rings (SSSR count). The normalized spacial score (nSPS) is 12.4. The fraction of sp³-hybridized carbons (Fsp3) is 0.600. The van der Waals surface area contributed by atoms with Gasteiger partial charge < -0.3 is 14.6 Å². The Bertz CT molecular complexity index is 134. The van der Waals surface area contributed by atoms with Gasteiger partial charge in [-0.05, 0) is 6.42 Å². The van der Waals surface area contributed by atoms with E-state index in [1.807, 2.05) is 0 Å². The van der Waals surface area contributed by atoms with Gasteiger partial charge in [0.05, 0.1) is 26.4 Å². The molecule has 0 bridgehead atoms. The summed E-state index contributed by atoms with van der Waals surface area (Å²) in [6, 6.07) is 0. The highest BCUT2D eigenvalue weighted by atomic mass is 16.5. The van der Waals surface area contributed by atoms with Crippen molar-refractivity contribution in [2.45, 2.75) is 12.5 Å². The molecule has 0 aromatic carbocycles. The molecule has 0 radical (unpaired) electrons. The van der Waals surface area contributed by atoms with Gasteiger partial charge in [0.2, 0.25) is 0 Å². The fourth-order valence-electron chi connectivity index (χ4n) is 0.722. The first-order valence-electron chi connectivity index (χ1n) is 4.36. The van der Waals surface area contributed by atoms with Crippen LogP contribution in [0.3, 0.4) is 0 Å². The molecule has 0 aromatic heterocycles. The Kier molecular flexibility index (Phi) is 8.98. The van der Waals surface area contributed by atoms with Gasteiger partial charge in [0, 0.05) is 0 Å². The second kappa shape index (κ2) is 9.45. The van der Waals surface area contributed by atoms with Crippen molar-refractivity contribution < 1.29 is 14.6 Å². The minimum Gasteiger partial charge on any atom is -0.388 e. The fourth-order valence-corrected chi connectivity index (χ4v) is 0.722. The molecule has 0 saturated heterocycles. The average Bonchev–Trinajstić information content (AvgIpc) is 2.13. The number of aliphatic hydroxyl groups is 1. The van der Waals surface area contributed by atoms with Crippen LogP contribution < -0.4 is 0 Å². The van der Waals surface area contributed by atoms with Gasteiger partial charge in [0.15, 0.2) is 0 Å². The van der Waals surface area contributed by atoms with E-state index in [1.54, 1.807) is 12.2 Å². The standard InChI is InChI=1S/C10H18O3/c1-3-5-7-13-9-10(11)8-12-6-4-2/h3-4,10-11H,1-2,5-9H2. The maximum absolute atomic E-state index is 9.27. The summed E-state index contributed by atoms with van der Waals surface area (Å²) in [6.07, 6.45) is 3.68. The van der Waals surface area contributed by atoms with Crippen LogP contribution in [0.5, 0.6) is 0 Å². The summed E-state index contributed by atoms with van der Waals surface area (Å²) in [5.74, 6) is 0. The molecule has 3 heteroatoms.